The molecule has 0 bridgehead atoms. The van der Waals surface area contributed by atoms with E-state index in [1.165, 1.54) is 10.8 Å². The number of carbonyl (C=O) groups is 2. The first-order chi connectivity index (χ1) is 28.8. The fourth-order valence-corrected chi connectivity index (χ4v) is 7.79. The van der Waals surface area contributed by atoms with Gasteiger partial charge in [0.05, 0.1) is 40.9 Å². The van der Waals surface area contributed by atoms with Crippen molar-refractivity contribution >= 4 is 40.6 Å². The van der Waals surface area contributed by atoms with E-state index in [1.807, 2.05) is 61.2 Å². The standard InChI is InChI=1S/C42H39ClF3N9O5/c1-4-33-36(52-12-14-53(15-13-52)39(57)35-37(25(3)47-23-48-35)60-20-26-8-6-5-7-9-26)40(58)55-41(50-38(51-55)30-17-28-22-59-21-27(28)16-24(30)2)54(33)19-34(56)49-32-11-10-29(18-31(32)43)42(44,45)46/h5-11,16-18,23H,4,12-15,19-22H2,1-3H3,(H,49,56). The molecule has 60 heavy (non-hydrogen) atoms. The van der Waals surface area contributed by atoms with Crippen LogP contribution in [0.5, 0.6) is 5.75 Å². The second kappa shape index (κ2) is 16.4. The Kier molecular flexibility index (Phi) is 11.0. The minimum Gasteiger partial charge on any atom is -0.485 e. The maximum absolute atomic E-state index is 14.6. The third-order valence-corrected chi connectivity index (χ3v) is 10.9. The molecule has 2 aliphatic rings. The predicted octanol–water partition coefficient (Wildman–Crippen LogP) is 6.41. The highest BCUT2D eigenvalue weighted by Gasteiger charge is 2.33. The van der Waals surface area contributed by atoms with E-state index >= 15 is 0 Å². The Morgan fingerprint density at radius 3 is 2.40 bits per heavy atom. The van der Waals surface area contributed by atoms with Crippen LogP contribution in [0.25, 0.3) is 17.2 Å². The van der Waals surface area contributed by atoms with Crippen molar-refractivity contribution in [2.24, 2.45) is 0 Å². The summed E-state index contributed by atoms with van der Waals surface area (Å²) >= 11 is 6.19. The molecule has 3 aromatic heterocycles. The van der Waals surface area contributed by atoms with E-state index in [-0.39, 0.29) is 85.4 Å². The molecular formula is C42H39ClF3N9O5. The third-order valence-electron chi connectivity index (χ3n) is 10.6. The molecule has 1 N–H and O–H groups in total. The molecule has 3 aromatic carbocycles. The van der Waals surface area contributed by atoms with Crippen LogP contribution < -0.4 is 20.5 Å². The molecule has 1 fully saturated rings. The molecule has 8 rings (SSSR count). The zero-order valence-corrected chi connectivity index (χ0v) is 33.6. The lowest BCUT2D eigenvalue weighted by Crippen LogP contribution is -2.51. The van der Waals surface area contributed by atoms with Crippen molar-refractivity contribution in [2.75, 3.05) is 36.4 Å². The minimum absolute atomic E-state index is 0.0172. The zero-order valence-electron chi connectivity index (χ0n) is 32.8. The van der Waals surface area contributed by atoms with Crippen molar-refractivity contribution in [2.45, 2.75) is 59.7 Å². The number of halogens is 4. The van der Waals surface area contributed by atoms with Crippen LogP contribution in [0, 0.1) is 13.8 Å². The number of piperazine rings is 1. The maximum atomic E-state index is 14.6. The molecule has 310 valence electrons. The van der Waals surface area contributed by atoms with Gasteiger partial charge >= 0.3 is 6.18 Å². The van der Waals surface area contributed by atoms with Crippen LogP contribution in [0.3, 0.4) is 0 Å². The Balaban J connectivity index is 1.12. The molecular weight excluding hydrogens is 803 g/mol. The summed E-state index contributed by atoms with van der Waals surface area (Å²) in [6.07, 6.45) is -3.01. The normalized spacial score (nSPS) is 14.1. The van der Waals surface area contributed by atoms with E-state index in [0.717, 1.165) is 40.5 Å². The molecule has 18 heteroatoms. The van der Waals surface area contributed by atoms with Gasteiger partial charge < -0.3 is 29.2 Å². The van der Waals surface area contributed by atoms with Gasteiger partial charge in [-0.3, -0.25) is 14.4 Å². The first-order valence-electron chi connectivity index (χ1n) is 19.2. The van der Waals surface area contributed by atoms with Crippen LogP contribution in [0.2, 0.25) is 5.02 Å². The lowest BCUT2D eigenvalue weighted by atomic mass is 10.0. The van der Waals surface area contributed by atoms with Gasteiger partial charge in [-0.05, 0) is 66.8 Å². The largest absolute Gasteiger partial charge is 0.485 e. The molecule has 1 saturated heterocycles. The van der Waals surface area contributed by atoms with Crippen molar-refractivity contribution in [3.63, 3.8) is 0 Å². The van der Waals surface area contributed by atoms with E-state index in [9.17, 15) is 27.6 Å². The summed E-state index contributed by atoms with van der Waals surface area (Å²) < 4.78 is 54.5. The average Bonchev–Trinajstić information content (AvgIpc) is 3.89. The van der Waals surface area contributed by atoms with Gasteiger partial charge in [0.15, 0.2) is 17.3 Å². The third kappa shape index (κ3) is 7.89. The number of anilines is 2. The van der Waals surface area contributed by atoms with Crippen molar-refractivity contribution in [3.8, 4) is 17.1 Å². The van der Waals surface area contributed by atoms with Crippen molar-refractivity contribution in [3.05, 3.63) is 127 Å². The fraction of sp³-hybridized carbons (Fsp3) is 0.310. The van der Waals surface area contributed by atoms with Crippen LogP contribution in [0.1, 0.15) is 56.6 Å². The molecule has 14 nitrogen and oxygen atoms in total. The molecule has 2 amide bonds. The quantitative estimate of drug-likeness (QED) is 0.164. The lowest BCUT2D eigenvalue weighted by molar-refractivity contribution is -0.137. The molecule has 0 radical (unpaired) electrons. The number of carbonyl (C=O) groups excluding carboxylic acids is 2. The first kappa shape index (κ1) is 40.4. The number of nitrogens with one attached hydrogen (secondary N) is 1. The van der Waals surface area contributed by atoms with Gasteiger partial charge in [0, 0.05) is 31.7 Å². The van der Waals surface area contributed by atoms with Gasteiger partial charge in [-0.15, -0.1) is 5.10 Å². The van der Waals surface area contributed by atoms with Crippen LogP contribution in [-0.2, 0) is 48.5 Å². The molecule has 0 aliphatic carbocycles. The monoisotopic (exact) mass is 841 g/mol. The topological polar surface area (TPSA) is 149 Å². The molecule has 0 spiro atoms. The SMILES string of the molecule is CCc1c(N2CCN(C(=O)c3ncnc(C)c3OCc3ccccc3)CC2)c(=O)n2nc(-c3cc4c(cc3C)COC4)nc2n1CC(=O)Nc1ccc(C(F)(F)F)cc1Cl. The highest BCUT2D eigenvalue weighted by molar-refractivity contribution is 6.33. The average molecular weight is 842 g/mol. The number of hydrogen-bond acceptors (Lipinski definition) is 10. The summed E-state index contributed by atoms with van der Waals surface area (Å²) in [5, 5.41) is 7.02. The van der Waals surface area contributed by atoms with Gasteiger partial charge in [-0.25, -0.2) is 9.97 Å². The van der Waals surface area contributed by atoms with E-state index in [4.69, 9.17) is 31.2 Å². The Bertz CT molecular complexity index is 2700. The summed E-state index contributed by atoms with van der Waals surface area (Å²) in [6.45, 7) is 7.21. The number of alkyl halides is 3. The van der Waals surface area contributed by atoms with Crippen LogP contribution >= 0.6 is 11.6 Å². The van der Waals surface area contributed by atoms with Crippen LogP contribution in [-0.4, -0.2) is 72.0 Å². The summed E-state index contributed by atoms with van der Waals surface area (Å²) in [7, 11) is 0. The summed E-state index contributed by atoms with van der Waals surface area (Å²) in [6, 6.07) is 16.1. The lowest BCUT2D eigenvalue weighted by Gasteiger charge is -2.36. The van der Waals surface area contributed by atoms with E-state index < -0.39 is 23.2 Å². The zero-order chi connectivity index (χ0) is 42.3. The van der Waals surface area contributed by atoms with Gasteiger partial charge in [0.2, 0.25) is 11.7 Å². The van der Waals surface area contributed by atoms with Crippen molar-refractivity contribution in [1.82, 2.24) is 34.0 Å². The number of aromatic nitrogens is 6. The number of fused-ring (bicyclic) bond motifs is 2. The van der Waals surface area contributed by atoms with E-state index in [1.54, 1.807) is 16.4 Å². The molecule has 0 saturated carbocycles. The fourth-order valence-electron chi connectivity index (χ4n) is 7.56. The Labute approximate surface area is 346 Å². The van der Waals surface area contributed by atoms with Gasteiger partial charge in [0.25, 0.3) is 11.5 Å². The Morgan fingerprint density at radius 1 is 0.967 bits per heavy atom. The molecule has 0 unspecified atom stereocenters. The summed E-state index contributed by atoms with van der Waals surface area (Å²) in [4.78, 5) is 59.2. The van der Waals surface area contributed by atoms with Crippen LogP contribution in [0.15, 0.2) is 71.8 Å². The highest BCUT2D eigenvalue weighted by Crippen LogP contribution is 2.34. The van der Waals surface area contributed by atoms with E-state index in [2.05, 4.69) is 15.3 Å². The second-order valence-electron chi connectivity index (χ2n) is 14.5. The Morgan fingerprint density at radius 2 is 1.70 bits per heavy atom. The van der Waals surface area contributed by atoms with Crippen molar-refractivity contribution < 1.29 is 32.2 Å². The number of hydrogen-bond donors (Lipinski definition) is 1. The van der Waals surface area contributed by atoms with Crippen LogP contribution in [0.4, 0.5) is 24.5 Å². The molecule has 2 aliphatic heterocycles. The number of rotatable bonds is 10. The number of aryl methyl sites for hydroxylation is 2. The molecule has 0 atom stereocenters. The summed E-state index contributed by atoms with van der Waals surface area (Å²) in [5.41, 5.74) is 4.47. The predicted molar refractivity (Wildman–Crippen MR) is 216 cm³/mol. The second-order valence-corrected chi connectivity index (χ2v) is 15.0. The summed E-state index contributed by atoms with van der Waals surface area (Å²) in [5.74, 6) is -0.324. The van der Waals surface area contributed by atoms with Crippen molar-refractivity contribution in [1.29, 1.82) is 0 Å². The minimum atomic E-state index is -4.62. The molecule has 5 heterocycles. The number of amides is 2. The maximum Gasteiger partial charge on any atom is 0.416 e. The van der Waals surface area contributed by atoms with Gasteiger partial charge in [-0.1, -0.05) is 54.9 Å². The number of nitrogens with zero attached hydrogens (tertiary/aromatic N) is 8. The smallest absolute Gasteiger partial charge is 0.416 e. The first-order valence-corrected chi connectivity index (χ1v) is 19.6. The number of benzene rings is 3. The highest BCUT2D eigenvalue weighted by atomic mass is 35.5. The van der Waals surface area contributed by atoms with Gasteiger partial charge in [0.1, 0.15) is 25.2 Å². The van der Waals surface area contributed by atoms with Gasteiger partial charge in [-0.2, -0.15) is 22.7 Å². The Hall–Kier alpha value is -6.33. The molecule has 6 aromatic rings. The number of ether oxygens (including phenoxy) is 2. The van der Waals surface area contributed by atoms with E-state index in [0.29, 0.717) is 35.9 Å².